The highest BCUT2D eigenvalue weighted by atomic mass is 31.2. The van der Waals surface area contributed by atoms with Gasteiger partial charge in [-0.25, -0.2) is 4.98 Å². The van der Waals surface area contributed by atoms with Crippen LogP contribution >= 0.6 is 8.30 Å². The third kappa shape index (κ3) is 10.1. The van der Waals surface area contributed by atoms with E-state index in [1.54, 1.807) is 46.5 Å². The van der Waals surface area contributed by atoms with Crippen molar-refractivity contribution < 1.29 is 42.5 Å². The molecule has 0 radical (unpaired) electrons. The Labute approximate surface area is 391 Å². The SMILES string of the molecule is COc1ccc(C(OCC23COC(C(n4cnc5c(=O)[nH]c(NC(=O)C(C)C)nc54)O2)C3OP(CC(=O)OC(C)(C)CC#N)N(C(C)C)C(C)C)(c2ccccc2)c2ccc(OC)cc2)cc1. The Kier molecular flexibility index (Phi) is 14.9. The number of hydrogen-bond donors (Lipinski definition) is 2. The Morgan fingerprint density at radius 3 is 2.10 bits per heavy atom. The van der Waals surface area contributed by atoms with Gasteiger partial charge in [-0.3, -0.25) is 33.9 Å². The fourth-order valence-corrected chi connectivity index (χ4v) is 10.9. The molecule has 2 fully saturated rings. The van der Waals surface area contributed by atoms with Crippen LogP contribution in [0.25, 0.3) is 11.2 Å². The van der Waals surface area contributed by atoms with E-state index in [0.29, 0.717) is 11.5 Å². The molecule has 18 heteroatoms. The van der Waals surface area contributed by atoms with Gasteiger partial charge in [0, 0.05) is 18.0 Å². The van der Waals surface area contributed by atoms with Gasteiger partial charge in [-0.1, -0.05) is 68.4 Å². The first kappa shape index (κ1) is 49.2. The summed E-state index contributed by atoms with van der Waals surface area (Å²) in [7, 11) is 1.44. The molecule has 0 spiro atoms. The van der Waals surface area contributed by atoms with E-state index in [1.807, 2.05) is 107 Å². The number of rotatable bonds is 20. The zero-order valence-corrected chi connectivity index (χ0v) is 40.5. The predicted molar refractivity (Wildman–Crippen MR) is 252 cm³/mol. The van der Waals surface area contributed by atoms with Crippen LogP contribution in [-0.4, -0.2) is 105 Å². The van der Waals surface area contributed by atoms with Crippen LogP contribution in [0.4, 0.5) is 5.95 Å². The van der Waals surface area contributed by atoms with E-state index < -0.39 is 55.1 Å². The molecule has 0 saturated carbocycles. The third-order valence-corrected chi connectivity index (χ3v) is 14.3. The Hall–Kier alpha value is -5.73. The van der Waals surface area contributed by atoms with Crippen molar-refractivity contribution in [2.75, 3.05) is 38.9 Å². The molecule has 2 aliphatic rings. The molecule has 356 valence electrons. The Balaban J connectivity index is 1.37. The van der Waals surface area contributed by atoms with E-state index in [-0.39, 0.29) is 66.8 Å². The van der Waals surface area contributed by atoms with Gasteiger partial charge in [0.25, 0.3) is 5.56 Å². The standard InChI is InChI=1S/C49H60N7O10P/c1-30(2)43(58)53-46-52-42-39(44(59)54-46)51-29-55(42)45-40-41(66-67(56(31(3)4)32(5)6)26-38(57)64-47(7,8)24-25-50)48(65-45,27-62-40)28-63-49(33-14-12-11-13-15-33,34-16-20-36(60-9)21-17-34)35-18-22-37(61-10)23-19-35/h11-23,29-32,40-41,45H,24,26-28H2,1-10H3,(H2,52,53,54,58,59). The molecule has 5 aromatic rings. The summed E-state index contributed by atoms with van der Waals surface area (Å²) in [5.41, 5.74) is -1.64. The minimum atomic E-state index is -1.79. The summed E-state index contributed by atoms with van der Waals surface area (Å²) >= 11 is 0. The van der Waals surface area contributed by atoms with Crippen molar-refractivity contribution in [2.24, 2.45) is 5.92 Å². The van der Waals surface area contributed by atoms with Gasteiger partial charge in [0.2, 0.25) is 11.9 Å². The highest BCUT2D eigenvalue weighted by Crippen LogP contribution is 2.56. The lowest BCUT2D eigenvalue weighted by Gasteiger charge is -2.42. The van der Waals surface area contributed by atoms with Gasteiger partial charge in [0.1, 0.15) is 55.0 Å². The number of amides is 1. The molecule has 2 saturated heterocycles. The first-order valence-corrected chi connectivity index (χ1v) is 23.7. The maximum Gasteiger partial charge on any atom is 0.314 e. The molecule has 1 amide bonds. The number of nitrogens with one attached hydrogen (secondary N) is 2. The summed E-state index contributed by atoms with van der Waals surface area (Å²) in [6.45, 7) is 14.9. The molecule has 2 N–H and O–H groups in total. The number of carbonyl (C=O) groups is 2. The molecular weight excluding hydrogens is 878 g/mol. The average Bonchev–Trinajstić information content (AvgIpc) is 3.96. The fourth-order valence-electron chi connectivity index (χ4n) is 8.71. The van der Waals surface area contributed by atoms with E-state index in [9.17, 15) is 19.6 Å². The minimum Gasteiger partial charge on any atom is -0.497 e. The predicted octanol–water partition coefficient (Wildman–Crippen LogP) is 7.46. The third-order valence-electron chi connectivity index (χ3n) is 11.9. The maximum absolute atomic E-state index is 13.9. The fraction of sp³-hybridized carbons (Fsp3) is 0.469. The number of esters is 1. The first-order valence-electron chi connectivity index (χ1n) is 22.3. The number of anilines is 1. The number of fused-ring (bicyclic) bond motifs is 3. The monoisotopic (exact) mass is 937 g/mol. The van der Waals surface area contributed by atoms with E-state index >= 15 is 0 Å². The molecule has 2 bridgehead atoms. The summed E-state index contributed by atoms with van der Waals surface area (Å²) in [6.07, 6.45) is -1.37. The van der Waals surface area contributed by atoms with Crippen LogP contribution in [0, 0.1) is 17.2 Å². The molecule has 67 heavy (non-hydrogen) atoms. The van der Waals surface area contributed by atoms with Crippen LogP contribution in [0.1, 0.15) is 84.7 Å². The lowest BCUT2D eigenvalue weighted by molar-refractivity contribution is -0.201. The number of nitrogens with zero attached hydrogens (tertiary/aromatic N) is 5. The van der Waals surface area contributed by atoms with Gasteiger partial charge >= 0.3 is 5.97 Å². The number of aromatic nitrogens is 4. The quantitative estimate of drug-likeness (QED) is 0.0442. The van der Waals surface area contributed by atoms with Crippen molar-refractivity contribution in [3.63, 3.8) is 0 Å². The summed E-state index contributed by atoms with van der Waals surface area (Å²) in [5, 5.41) is 12.2. The number of imidazole rings is 1. The largest absolute Gasteiger partial charge is 0.497 e. The average molecular weight is 938 g/mol. The highest BCUT2D eigenvalue weighted by molar-refractivity contribution is 7.51. The van der Waals surface area contributed by atoms with Crippen molar-refractivity contribution in [3.8, 4) is 17.6 Å². The Morgan fingerprint density at radius 2 is 1.55 bits per heavy atom. The lowest BCUT2D eigenvalue weighted by atomic mass is 9.79. The minimum absolute atomic E-state index is 0.00819. The van der Waals surface area contributed by atoms with Gasteiger partial charge < -0.3 is 32.9 Å². The molecule has 7 rings (SSSR count). The maximum atomic E-state index is 13.9. The topological polar surface area (TPSA) is 201 Å². The molecular formula is C49H60N7O10P. The molecule has 17 nitrogen and oxygen atoms in total. The molecule has 3 aromatic carbocycles. The van der Waals surface area contributed by atoms with Gasteiger partial charge in [-0.15, -0.1) is 0 Å². The number of nitriles is 1. The van der Waals surface area contributed by atoms with Crippen LogP contribution < -0.4 is 20.3 Å². The highest BCUT2D eigenvalue weighted by Gasteiger charge is 2.65. The number of methoxy groups -OCH3 is 2. The van der Waals surface area contributed by atoms with Crippen molar-refractivity contribution >= 4 is 37.3 Å². The van der Waals surface area contributed by atoms with E-state index in [4.69, 9.17) is 32.9 Å². The zero-order valence-electron chi connectivity index (χ0n) is 39.6. The molecule has 2 aromatic heterocycles. The second-order valence-corrected chi connectivity index (χ2v) is 19.9. The Bertz CT molecular complexity index is 2560. The molecule has 5 atom stereocenters. The molecule has 5 unspecified atom stereocenters. The normalized spacial score (nSPS) is 19.9. The number of H-pyrrole nitrogens is 1. The van der Waals surface area contributed by atoms with Gasteiger partial charge in [-0.2, -0.15) is 10.2 Å². The van der Waals surface area contributed by atoms with Crippen LogP contribution in [0.15, 0.2) is 90.0 Å². The zero-order chi connectivity index (χ0) is 48.3. The summed E-state index contributed by atoms with van der Waals surface area (Å²) in [6, 6.07) is 27.2. The van der Waals surface area contributed by atoms with Crippen molar-refractivity contribution in [3.05, 3.63) is 112 Å². The van der Waals surface area contributed by atoms with E-state index in [2.05, 4.69) is 31.0 Å². The number of benzene rings is 3. The molecule has 2 aliphatic heterocycles. The van der Waals surface area contributed by atoms with Crippen LogP contribution in [0.2, 0.25) is 0 Å². The van der Waals surface area contributed by atoms with E-state index in [1.165, 1.54) is 6.33 Å². The second kappa shape index (κ2) is 20.2. The summed E-state index contributed by atoms with van der Waals surface area (Å²) in [5.74, 6) is 0.0354. The van der Waals surface area contributed by atoms with Crippen molar-refractivity contribution in [1.29, 1.82) is 5.26 Å². The number of ether oxygens (including phenoxy) is 6. The lowest BCUT2D eigenvalue weighted by Crippen LogP contribution is -2.49. The van der Waals surface area contributed by atoms with Crippen LogP contribution in [0.3, 0.4) is 0 Å². The van der Waals surface area contributed by atoms with Crippen LogP contribution in [0.5, 0.6) is 11.5 Å². The van der Waals surface area contributed by atoms with Gasteiger partial charge in [0.05, 0.1) is 46.3 Å². The molecule has 4 heterocycles. The van der Waals surface area contributed by atoms with Gasteiger partial charge in [-0.05, 0) is 82.5 Å². The summed E-state index contributed by atoms with van der Waals surface area (Å²) in [4.78, 5) is 51.8. The van der Waals surface area contributed by atoms with Crippen LogP contribution in [-0.2, 0) is 38.7 Å². The van der Waals surface area contributed by atoms with Gasteiger partial charge in [0.15, 0.2) is 17.4 Å². The summed E-state index contributed by atoms with van der Waals surface area (Å²) < 4.78 is 49.6. The molecule has 0 aliphatic carbocycles. The first-order chi connectivity index (χ1) is 31.9. The number of aromatic amines is 1. The van der Waals surface area contributed by atoms with Crippen molar-refractivity contribution in [1.82, 2.24) is 24.2 Å². The second-order valence-electron chi connectivity index (χ2n) is 18.2. The number of hydrogen-bond acceptors (Lipinski definition) is 14. The Morgan fingerprint density at radius 1 is 0.955 bits per heavy atom. The van der Waals surface area contributed by atoms with Crippen molar-refractivity contribution in [2.45, 2.75) is 109 Å². The smallest absolute Gasteiger partial charge is 0.314 e. The van der Waals surface area contributed by atoms with E-state index in [0.717, 1.165) is 16.7 Å². The number of carbonyl (C=O) groups excluding carboxylic acids is 2.